The van der Waals surface area contributed by atoms with Gasteiger partial charge in [0.2, 0.25) is 0 Å². The first kappa shape index (κ1) is 24.9. The highest BCUT2D eigenvalue weighted by Crippen LogP contribution is 2.43. The van der Waals surface area contributed by atoms with E-state index in [9.17, 15) is 0 Å². The van der Waals surface area contributed by atoms with E-state index < -0.39 is 0 Å². The molecule has 9 aromatic rings. The number of nitrogens with zero attached hydrogens (tertiary/aromatic N) is 3. The fourth-order valence-corrected chi connectivity index (χ4v) is 7.22. The summed E-state index contributed by atoms with van der Waals surface area (Å²) < 4.78 is 9.17. The van der Waals surface area contributed by atoms with Gasteiger partial charge in [0.15, 0.2) is 17.5 Å². The van der Waals surface area contributed by atoms with E-state index in [4.69, 9.17) is 19.4 Å². The second kappa shape index (κ2) is 9.97. The molecule has 0 aliphatic carbocycles. The van der Waals surface area contributed by atoms with Gasteiger partial charge in [-0.1, -0.05) is 109 Å². The van der Waals surface area contributed by atoms with Gasteiger partial charge in [-0.05, 0) is 35.9 Å². The summed E-state index contributed by atoms with van der Waals surface area (Å²) >= 11 is 1.83. The van der Waals surface area contributed by atoms with E-state index in [0.29, 0.717) is 17.5 Å². The van der Waals surface area contributed by atoms with Crippen LogP contribution in [0.2, 0.25) is 0 Å². The summed E-state index contributed by atoms with van der Waals surface area (Å²) in [6, 6.07) is 47.9. The first-order valence-electron chi connectivity index (χ1n) is 14.5. The SMILES string of the molecule is c1ccc(-c2nc(-c3ccccc3)nc(-c3ccc4oc5c(-c6cccc7sc8ccccc8c67)cccc5c4c3)n2)cc1. The molecule has 0 atom stereocenters. The second-order valence-electron chi connectivity index (χ2n) is 10.8. The quantitative estimate of drug-likeness (QED) is 0.207. The zero-order valence-corrected chi connectivity index (χ0v) is 24.3. The van der Waals surface area contributed by atoms with Gasteiger partial charge in [-0.3, -0.25) is 0 Å². The van der Waals surface area contributed by atoms with E-state index >= 15 is 0 Å². The highest BCUT2D eigenvalue weighted by Gasteiger charge is 2.18. The fourth-order valence-electron chi connectivity index (χ4n) is 6.09. The van der Waals surface area contributed by atoms with Gasteiger partial charge in [0.1, 0.15) is 11.2 Å². The Hall–Kier alpha value is -5.65. The van der Waals surface area contributed by atoms with Crippen LogP contribution in [0.4, 0.5) is 0 Å². The fraction of sp³-hybridized carbons (Fsp3) is 0. The lowest BCUT2D eigenvalue weighted by Gasteiger charge is -2.08. The number of furan rings is 1. The van der Waals surface area contributed by atoms with Gasteiger partial charge in [0.25, 0.3) is 0 Å². The molecule has 0 aliphatic rings. The first-order valence-corrected chi connectivity index (χ1v) is 15.3. The monoisotopic (exact) mass is 581 g/mol. The third kappa shape index (κ3) is 4.02. The lowest BCUT2D eigenvalue weighted by atomic mass is 9.97. The Morgan fingerprint density at radius 2 is 1.02 bits per heavy atom. The Balaban J connectivity index is 1.24. The average molecular weight is 582 g/mol. The van der Waals surface area contributed by atoms with Gasteiger partial charge in [-0.25, -0.2) is 15.0 Å². The van der Waals surface area contributed by atoms with Gasteiger partial charge in [0, 0.05) is 53.2 Å². The van der Waals surface area contributed by atoms with E-state index in [-0.39, 0.29) is 0 Å². The Labute approximate surface area is 256 Å². The summed E-state index contributed by atoms with van der Waals surface area (Å²) in [6.45, 7) is 0. The molecule has 5 heteroatoms. The third-order valence-corrected chi connectivity index (χ3v) is 9.28. The van der Waals surface area contributed by atoms with Gasteiger partial charge in [-0.15, -0.1) is 11.3 Å². The normalized spacial score (nSPS) is 11.6. The summed E-state index contributed by atoms with van der Waals surface area (Å²) in [7, 11) is 0. The second-order valence-corrected chi connectivity index (χ2v) is 11.9. The number of para-hydroxylation sites is 1. The third-order valence-electron chi connectivity index (χ3n) is 8.15. The van der Waals surface area contributed by atoms with Gasteiger partial charge in [-0.2, -0.15) is 0 Å². The Morgan fingerprint density at radius 1 is 0.432 bits per heavy atom. The Morgan fingerprint density at radius 3 is 1.77 bits per heavy atom. The van der Waals surface area contributed by atoms with Crippen molar-refractivity contribution in [2.24, 2.45) is 0 Å². The lowest BCUT2D eigenvalue weighted by Crippen LogP contribution is -2.00. The van der Waals surface area contributed by atoms with Crippen LogP contribution < -0.4 is 0 Å². The van der Waals surface area contributed by atoms with Crippen LogP contribution in [0, 0.1) is 0 Å². The molecule has 206 valence electrons. The summed E-state index contributed by atoms with van der Waals surface area (Å²) in [6.07, 6.45) is 0. The van der Waals surface area contributed by atoms with Crippen LogP contribution in [0.5, 0.6) is 0 Å². The molecule has 3 aromatic heterocycles. The standard InChI is InChI=1S/C39H23N3OS/c1-3-11-24(12-4-1)37-40-38(25-13-5-2-6-14-25)42-39(41-37)26-21-22-32-31(23-26)29-18-9-17-28(36(29)43-32)27-16-10-20-34-35(27)30-15-7-8-19-33(30)44-34/h1-23H. The van der Waals surface area contributed by atoms with Crippen molar-refractivity contribution in [2.45, 2.75) is 0 Å². The number of benzene rings is 6. The minimum Gasteiger partial charge on any atom is -0.455 e. The predicted molar refractivity (Wildman–Crippen MR) is 182 cm³/mol. The van der Waals surface area contributed by atoms with Crippen LogP contribution in [-0.4, -0.2) is 15.0 Å². The van der Waals surface area contributed by atoms with E-state index in [1.165, 1.54) is 25.7 Å². The molecular weight excluding hydrogens is 559 g/mol. The average Bonchev–Trinajstić information content (AvgIpc) is 3.67. The van der Waals surface area contributed by atoms with Crippen molar-refractivity contribution in [2.75, 3.05) is 0 Å². The van der Waals surface area contributed by atoms with E-state index in [1.807, 2.05) is 84.1 Å². The first-order chi connectivity index (χ1) is 21.8. The molecule has 0 unspecified atom stereocenters. The van der Waals surface area contributed by atoms with Gasteiger partial charge >= 0.3 is 0 Å². The van der Waals surface area contributed by atoms with Crippen LogP contribution in [0.25, 0.3) is 87.4 Å². The molecule has 0 N–H and O–H groups in total. The molecule has 4 nitrogen and oxygen atoms in total. The highest BCUT2D eigenvalue weighted by molar-refractivity contribution is 7.25. The molecule has 0 saturated carbocycles. The number of fused-ring (bicyclic) bond motifs is 6. The number of hydrogen-bond acceptors (Lipinski definition) is 5. The summed E-state index contributed by atoms with van der Waals surface area (Å²) in [5.41, 5.74) is 6.79. The Kier molecular flexibility index (Phi) is 5.64. The van der Waals surface area contributed by atoms with E-state index in [0.717, 1.165) is 44.2 Å². The Bertz CT molecular complexity index is 2440. The van der Waals surface area contributed by atoms with Crippen molar-refractivity contribution in [3.8, 4) is 45.3 Å². The van der Waals surface area contributed by atoms with Crippen LogP contribution in [0.15, 0.2) is 144 Å². The zero-order valence-electron chi connectivity index (χ0n) is 23.4. The highest BCUT2D eigenvalue weighted by atomic mass is 32.1. The van der Waals surface area contributed by atoms with E-state index in [1.54, 1.807) is 0 Å². The minimum atomic E-state index is 0.625. The molecule has 0 radical (unpaired) electrons. The summed E-state index contributed by atoms with van der Waals surface area (Å²) in [5, 5.41) is 4.65. The molecule has 44 heavy (non-hydrogen) atoms. The largest absolute Gasteiger partial charge is 0.455 e. The van der Waals surface area contributed by atoms with Crippen molar-refractivity contribution in [3.05, 3.63) is 140 Å². The molecule has 0 spiro atoms. The molecule has 0 amide bonds. The van der Waals surface area contributed by atoms with Crippen molar-refractivity contribution in [3.63, 3.8) is 0 Å². The molecule has 0 aliphatic heterocycles. The zero-order chi connectivity index (χ0) is 29.0. The molecular formula is C39H23N3OS. The summed E-state index contributed by atoms with van der Waals surface area (Å²) in [4.78, 5) is 14.7. The van der Waals surface area contributed by atoms with Crippen LogP contribution in [0.1, 0.15) is 0 Å². The lowest BCUT2D eigenvalue weighted by molar-refractivity contribution is 0.670. The molecule has 0 saturated heterocycles. The van der Waals surface area contributed by atoms with Crippen LogP contribution >= 0.6 is 11.3 Å². The van der Waals surface area contributed by atoms with Gasteiger partial charge in [0.05, 0.1) is 0 Å². The van der Waals surface area contributed by atoms with Crippen molar-refractivity contribution in [1.29, 1.82) is 0 Å². The minimum absolute atomic E-state index is 0.625. The van der Waals surface area contributed by atoms with Crippen molar-refractivity contribution in [1.82, 2.24) is 15.0 Å². The maximum Gasteiger partial charge on any atom is 0.164 e. The van der Waals surface area contributed by atoms with Crippen LogP contribution in [0.3, 0.4) is 0 Å². The van der Waals surface area contributed by atoms with Crippen LogP contribution in [-0.2, 0) is 0 Å². The maximum absolute atomic E-state index is 6.60. The van der Waals surface area contributed by atoms with E-state index in [2.05, 4.69) is 66.7 Å². The number of thiophene rings is 1. The number of rotatable bonds is 4. The smallest absolute Gasteiger partial charge is 0.164 e. The summed E-state index contributed by atoms with van der Waals surface area (Å²) in [5.74, 6) is 1.91. The molecule has 0 fully saturated rings. The molecule has 9 rings (SSSR count). The molecule has 3 heterocycles. The van der Waals surface area contributed by atoms with Crippen molar-refractivity contribution >= 4 is 53.4 Å². The predicted octanol–water partition coefficient (Wildman–Crippen LogP) is 10.8. The van der Waals surface area contributed by atoms with Crippen molar-refractivity contribution < 1.29 is 4.42 Å². The maximum atomic E-state index is 6.60. The topological polar surface area (TPSA) is 51.8 Å². The molecule has 0 bridgehead atoms. The number of hydrogen-bond donors (Lipinski definition) is 0. The number of aromatic nitrogens is 3. The van der Waals surface area contributed by atoms with Gasteiger partial charge < -0.3 is 4.42 Å². The molecule has 6 aromatic carbocycles.